The molecule has 2 aliphatic heterocycles. The molecule has 7 nitrogen and oxygen atoms in total. The Balaban J connectivity index is 1.49. The molecule has 3 rings (SSSR count). The molecule has 2 saturated heterocycles. The van der Waals surface area contributed by atoms with E-state index in [-0.39, 0.29) is 11.6 Å². The van der Waals surface area contributed by atoms with Crippen LogP contribution in [-0.4, -0.2) is 71.7 Å². The Morgan fingerprint density at radius 1 is 1.43 bits per heavy atom. The fourth-order valence-electron chi connectivity index (χ4n) is 3.40. The van der Waals surface area contributed by atoms with Crippen molar-refractivity contribution in [1.29, 1.82) is 0 Å². The second-order valence-electron chi connectivity index (χ2n) is 6.73. The van der Waals surface area contributed by atoms with Crippen LogP contribution >= 0.6 is 0 Å². The summed E-state index contributed by atoms with van der Waals surface area (Å²) >= 11 is 0. The van der Waals surface area contributed by atoms with E-state index in [2.05, 4.69) is 15.3 Å². The molecule has 0 bridgehead atoms. The maximum Gasteiger partial charge on any atom is 0.319 e. The molecule has 1 N–H and O–H groups in total. The molecule has 0 aromatic carbocycles. The highest BCUT2D eigenvalue weighted by molar-refractivity contribution is 5.75. The van der Waals surface area contributed by atoms with Gasteiger partial charge in [0, 0.05) is 39.6 Å². The van der Waals surface area contributed by atoms with E-state index < -0.39 is 0 Å². The van der Waals surface area contributed by atoms with Crippen LogP contribution in [0.2, 0.25) is 0 Å². The third-order valence-electron chi connectivity index (χ3n) is 4.73. The van der Waals surface area contributed by atoms with E-state index in [0.717, 1.165) is 31.6 Å². The van der Waals surface area contributed by atoms with Gasteiger partial charge in [-0.1, -0.05) is 0 Å². The number of nitrogens with zero attached hydrogens (tertiary/aromatic N) is 4. The minimum absolute atomic E-state index is 0.0658. The van der Waals surface area contributed by atoms with Crippen molar-refractivity contribution in [2.75, 3.05) is 45.7 Å². The molecule has 1 aromatic rings. The second-order valence-corrected chi connectivity index (χ2v) is 6.73. The van der Waals surface area contributed by atoms with E-state index in [0.29, 0.717) is 25.0 Å². The molecule has 1 spiro atoms. The third-order valence-corrected chi connectivity index (χ3v) is 4.73. The molecule has 126 valence electrons. The number of anilines is 1. The van der Waals surface area contributed by atoms with Gasteiger partial charge in [-0.3, -0.25) is 0 Å². The Hall–Kier alpha value is -1.89. The number of likely N-dealkylation sites (tertiary alicyclic amines) is 1. The van der Waals surface area contributed by atoms with Crippen molar-refractivity contribution >= 4 is 12.0 Å². The standard InChI is InChI=1S/C16H25N5O2/c1-12-8-18-14(19-9-12)17-6-4-13-5-7-23-16(13)10-21(11-16)15(22)20(2)3/h8-9,13H,4-7,10-11H2,1-3H3,(H,17,18,19). The van der Waals surface area contributed by atoms with Gasteiger partial charge in [0.1, 0.15) is 5.60 Å². The molecule has 2 amide bonds. The summed E-state index contributed by atoms with van der Waals surface area (Å²) in [5, 5.41) is 3.27. The van der Waals surface area contributed by atoms with E-state index in [1.165, 1.54) is 0 Å². The topological polar surface area (TPSA) is 70.6 Å². The van der Waals surface area contributed by atoms with Crippen LogP contribution in [0, 0.1) is 12.8 Å². The zero-order chi connectivity index (χ0) is 16.4. The quantitative estimate of drug-likeness (QED) is 0.907. The summed E-state index contributed by atoms with van der Waals surface area (Å²) in [6.45, 7) is 4.99. The van der Waals surface area contributed by atoms with Gasteiger partial charge in [-0.05, 0) is 31.2 Å². The van der Waals surface area contributed by atoms with Gasteiger partial charge in [-0.15, -0.1) is 0 Å². The van der Waals surface area contributed by atoms with E-state index in [1.54, 1.807) is 19.0 Å². The summed E-state index contributed by atoms with van der Waals surface area (Å²) in [6, 6.07) is 0.0658. The molecule has 0 saturated carbocycles. The number of aryl methyl sites for hydroxylation is 1. The van der Waals surface area contributed by atoms with Crippen LogP contribution in [0.25, 0.3) is 0 Å². The lowest BCUT2D eigenvalue weighted by Gasteiger charge is -2.50. The first-order valence-corrected chi connectivity index (χ1v) is 8.13. The number of carbonyl (C=O) groups excluding carboxylic acids is 1. The van der Waals surface area contributed by atoms with Gasteiger partial charge in [0.2, 0.25) is 5.95 Å². The van der Waals surface area contributed by atoms with E-state index in [9.17, 15) is 4.79 Å². The molecule has 7 heteroatoms. The number of hydrogen-bond donors (Lipinski definition) is 1. The Kier molecular flexibility index (Phi) is 4.39. The summed E-state index contributed by atoms with van der Waals surface area (Å²) in [7, 11) is 3.57. The number of ether oxygens (including phenoxy) is 1. The lowest BCUT2D eigenvalue weighted by atomic mass is 9.79. The number of aromatic nitrogens is 2. The Labute approximate surface area is 137 Å². The molecule has 2 aliphatic rings. The van der Waals surface area contributed by atoms with Crippen LogP contribution in [0.1, 0.15) is 18.4 Å². The number of nitrogens with one attached hydrogen (secondary N) is 1. The van der Waals surface area contributed by atoms with Gasteiger partial charge in [0.15, 0.2) is 0 Å². The SMILES string of the molecule is Cc1cnc(NCCC2CCOC23CN(C(=O)N(C)C)C3)nc1. The predicted molar refractivity (Wildman–Crippen MR) is 87.3 cm³/mol. The summed E-state index contributed by atoms with van der Waals surface area (Å²) in [5.74, 6) is 1.15. The largest absolute Gasteiger partial charge is 0.371 e. The Morgan fingerprint density at radius 3 is 2.78 bits per heavy atom. The molecule has 1 aromatic heterocycles. The van der Waals surface area contributed by atoms with Crippen molar-refractivity contribution in [3.8, 4) is 0 Å². The van der Waals surface area contributed by atoms with Crippen molar-refractivity contribution in [3.63, 3.8) is 0 Å². The Morgan fingerprint density at radius 2 is 2.13 bits per heavy atom. The summed E-state index contributed by atoms with van der Waals surface area (Å²) in [4.78, 5) is 24.0. The normalized spacial score (nSPS) is 22.0. The molecule has 3 heterocycles. The lowest BCUT2D eigenvalue weighted by Crippen LogP contribution is -2.67. The zero-order valence-corrected chi connectivity index (χ0v) is 14.1. The monoisotopic (exact) mass is 319 g/mol. The van der Waals surface area contributed by atoms with Crippen LogP contribution in [0.3, 0.4) is 0 Å². The molecule has 1 unspecified atom stereocenters. The zero-order valence-electron chi connectivity index (χ0n) is 14.1. The van der Waals surface area contributed by atoms with Gasteiger partial charge < -0.3 is 19.9 Å². The maximum absolute atomic E-state index is 12.0. The van der Waals surface area contributed by atoms with Gasteiger partial charge in [-0.2, -0.15) is 0 Å². The van der Waals surface area contributed by atoms with Crippen LogP contribution in [0.5, 0.6) is 0 Å². The number of hydrogen-bond acceptors (Lipinski definition) is 5. The van der Waals surface area contributed by atoms with Crippen molar-refractivity contribution in [2.24, 2.45) is 5.92 Å². The van der Waals surface area contributed by atoms with Crippen LogP contribution < -0.4 is 5.32 Å². The number of carbonyl (C=O) groups is 1. The molecule has 0 aliphatic carbocycles. The van der Waals surface area contributed by atoms with Gasteiger partial charge in [0.25, 0.3) is 0 Å². The lowest BCUT2D eigenvalue weighted by molar-refractivity contribution is -0.117. The summed E-state index contributed by atoms with van der Waals surface area (Å²) in [6.07, 6.45) is 5.68. The van der Waals surface area contributed by atoms with Crippen molar-refractivity contribution < 1.29 is 9.53 Å². The summed E-state index contributed by atoms with van der Waals surface area (Å²) in [5.41, 5.74) is 0.917. The van der Waals surface area contributed by atoms with Crippen molar-refractivity contribution in [2.45, 2.75) is 25.4 Å². The molecule has 0 radical (unpaired) electrons. The minimum Gasteiger partial charge on any atom is -0.371 e. The number of urea groups is 1. The molecule has 2 fully saturated rings. The molecular weight excluding hydrogens is 294 g/mol. The highest BCUT2D eigenvalue weighted by Crippen LogP contribution is 2.41. The first-order valence-electron chi connectivity index (χ1n) is 8.13. The first kappa shape index (κ1) is 16.0. The van der Waals surface area contributed by atoms with Crippen LogP contribution in [-0.2, 0) is 4.74 Å². The highest BCUT2D eigenvalue weighted by atomic mass is 16.5. The van der Waals surface area contributed by atoms with E-state index >= 15 is 0 Å². The minimum atomic E-state index is -0.137. The number of amides is 2. The van der Waals surface area contributed by atoms with Crippen LogP contribution in [0.15, 0.2) is 12.4 Å². The molecule has 23 heavy (non-hydrogen) atoms. The fourth-order valence-corrected chi connectivity index (χ4v) is 3.40. The smallest absolute Gasteiger partial charge is 0.319 e. The Bertz CT molecular complexity index is 554. The predicted octanol–water partition coefficient (Wildman–Crippen LogP) is 1.36. The third kappa shape index (κ3) is 3.24. The number of rotatable bonds is 4. The van der Waals surface area contributed by atoms with Crippen molar-refractivity contribution in [1.82, 2.24) is 19.8 Å². The first-order chi connectivity index (χ1) is 11.0. The van der Waals surface area contributed by atoms with Gasteiger partial charge >= 0.3 is 6.03 Å². The van der Waals surface area contributed by atoms with Crippen LogP contribution in [0.4, 0.5) is 10.7 Å². The maximum atomic E-state index is 12.0. The average molecular weight is 319 g/mol. The second kappa shape index (κ2) is 6.31. The van der Waals surface area contributed by atoms with E-state index in [4.69, 9.17) is 4.74 Å². The van der Waals surface area contributed by atoms with Gasteiger partial charge in [-0.25, -0.2) is 14.8 Å². The highest BCUT2D eigenvalue weighted by Gasteiger charge is 2.54. The summed E-state index contributed by atoms with van der Waals surface area (Å²) < 4.78 is 6.00. The van der Waals surface area contributed by atoms with Gasteiger partial charge in [0.05, 0.1) is 13.1 Å². The van der Waals surface area contributed by atoms with Crippen molar-refractivity contribution in [3.05, 3.63) is 18.0 Å². The van der Waals surface area contributed by atoms with E-state index in [1.807, 2.05) is 24.2 Å². The molecule has 1 atom stereocenters. The average Bonchev–Trinajstić information content (AvgIpc) is 2.91. The fraction of sp³-hybridized carbons (Fsp3) is 0.688. The molecular formula is C16H25N5O2.